The van der Waals surface area contributed by atoms with E-state index in [0.29, 0.717) is 68.5 Å². The molecule has 0 bridgehead atoms. The minimum Gasteiger partial charge on any atom is -0.370 e. The molecule has 4 aromatic rings. The molecule has 0 spiro atoms. The number of hydrogen-bond acceptors (Lipinski definition) is 13. The third kappa shape index (κ3) is 14.6. The molecule has 6 heterocycles. The first-order valence-corrected chi connectivity index (χ1v) is 32.2. The Labute approximate surface area is 511 Å². The number of nitrogens with two attached hydrogens (primary N) is 1. The number of carbonyl (C=O) groups is 10. The lowest BCUT2D eigenvalue weighted by atomic mass is 9.86. The number of piperidine rings is 1. The van der Waals surface area contributed by atoms with Gasteiger partial charge in [-0.15, -0.1) is 11.3 Å². The number of primary amides is 1. The number of carbonyl (C=O) groups excluding carboxylic acids is 10. The number of amides is 10. The molecule has 10 amide bonds. The smallest absolute Gasteiger partial charge is 0.370 e. The van der Waals surface area contributed by atoms with E-state index in [0.717, 1.165) is 51.3 Å². The lowest BCUT2D eigenvalue weighted by Crippen LogP contribution is -2.61. The predicted molar refractivity (Wildman–Crippen MR) is 319 cm³/mol. The summed E-state index contributed by atoms with van der Waals surface area (Å²) in [4.78, 5) is 160. The number of hydrogen-bond donors (Lipinski definition) is 8. The molecule has 5 aliphatic rings. The SMILES string of the molecule is CCN1CC[C@H]2CC[C@@H](C(=O)NC(CCC(N)=O)C(=O)NC(Cc3ccc(C(C)(C)C)cc3)C(=O)NCCCCCC(=O)N3Cc4cc5c(cc4C3)C(=O)N(C3CCC(=O)NC3=O)C5)N2C(=O)[C@@H](NC(=O)c2cc3cc(C(F)(F)P(=O)(O)O)ccc3s2)C1. The van der Waals surface area contributed by atoms with E-state index in [1.807, 2.05) is 42.2 Å². The second-order valence-electron chi connectivity index (χ2n) is 24.5. The molecule has 3 unspecified atom stereocenters. The molecule has 1 aromatic heterocycles. The van der Waals surface area contributed by atoms with Crippen LogP contribution in [0.5, 0.6) is 0 Å². The van der Waals surface area contributed by atoms with Gasteiger partial charge >= 0.3 is 13.3 Å². The zero-order chi connectivity index (χ0) is 63.6. The van der Waals surface area contributed by atoms with Gasteiger partial charge in [0, 0.05) is 86.8 Å². The van der Waals surface area contributed by atoms with Gasteiger partial charge in [0.1, 0.15) is 30.2 Å². The number of halogens is 2. The van der Waals surface area contributed by atoms with Crippen molar-refractivity contribution in [2.75, 3.05) is 26.2 Å². The Morgan fingerprint density at radius 3 is 2.22 bits per heavy atom. The van der Waals surface area contributed by atoms with Gasteiger partial charge in [-0.05, 0) is 114 Å². The summed E-state index contributed by atoms with van der Waals surface area (Å²) in [7, 11) is -5.88. The van der Waals surface area contributed by atoms with Crippen molar-refractivity contribution in [1.29, 1.82) is 0 Å². The van der Waals surface area contributed by atoms with E-state index < -0.39 is 96.4 Å². The second-order valence-corrected chi connectivity index (χ2v) is 27.2. The highest BCUT2D eigenvalue weighted by Crippen LogP contribution is 2.59. The van der Waals surface area contributed by atoms with Crippen molar-refractivity contribution < 1.29 is 71.1 Å². The topological polar surface area (TPSA) is 327 Å². The van der Waals surface area contributed by atoms with E-state index in [1.54, 1.807) is 11.0 Å². The van der Waals surface area contributed by atoms with Gasteiger partial charge in [0.25, 0.3) is 11.8 Å². The van der Waals surface area contributed by atoms with Crippen LogP contribution in [-0.4, -0.2) is 151 Å². The van der Waals surface area contributed by atoms with Crippen molar-refractivity contribution >= 4 is 88.1 Å². The van der Waals surface area contributed by atoms with E-state index >= 15 is 0 Å². The third-order valence-corrected chi connectivity index (χ3v) is 19.4. The van der Waals surface area contributed by atoms with Crippen LogP contribution in [0, 0.1) is 0 Å². The zero-order valence-corrected chi connectivity index (χ0v) is 51.2. The van der Waals surface area contributed by atoms with Crippen LogP contribution in [0.15, 0.2) is 60.7 Å². The molecule has 3 fully saturated rings. The molecular formula is C61H75F2N10O13PS. The molecular weight excluding hydrogens is 1180 g/mol. The van der Waals surface area contributed by atoms with Crippen LogP contribution in [0.25, 0.3) is 10.1 Å². The van der Waals surface area contributed by atoms with Crippen LogP contribution in [-0.2, 0) is 80.1 Å². The Hall–Kier alpha value is -7.51. The Morgan fingerprint density at radius 2 is 1.53 bits per heavy atom. The number of fused-ring (bicyclic) bond motifs is 4. The minimum atomic E-state index is -5.88. The number of imide groups is 1. The van der Waals surface area contributed by atoms with Crippen LogP contribution in [0.2, 0.25) is 0 Å². The van der Waals surface area contributed by atoms with E-state index in [9.17, 15) is 71.1 Å². The second kappa shape index (κ2) is 26.7. The van der Waals surface area contributed by atoms with Gasteiger partial charge in [-0.3, -0.25) is 57.8 Å². The average molecular weight is 1260 g/mol. The van der Waals surface area contributed by atoms with Crippen molar-refractivity contribution in [1.82, 2.24) is 46.2 Å². The largest absolute Gasteiger partial charge is 0.399 e. The van der Waals surface area contributed by atoms with E-state index in [4.69, 9.17) is 5.73 Å². The highest BCUT2D eigenvalue weighted by atomic mass is 32.1. The third-order valence-electron chi connectivity index (χ3n) is 17.3. The van der Waals surface area contributed by atoms with Crippen molar-refractivity contribution in [3.05, 3.63) is 104 Å². The molecule has 3 aromatic carbocycles. The molecule has 0 radical (unpaired) electrons. The number of nitrogens with zero attached hydrogens (tertiary/aromatic N) is 4. The van der Waals surface area contributed by atoms with E-state index in [-0.39, 0.29) is 98.0 Å². The monoisotopic (exact) mass is 1260 g/mol. The van der Waals surface area contributed by atoms with Crippen molar-refractivity contribution in [2.24, 2.45) is 5.73 Å². The molecule has 5 aliphatic heterocycles. The van der Waals surface area contributed by atoms with Gasteiger partial charge in [0.05, 0.1) is 4.88 Å². The Bertz CT molecular complexity index is 3480. The van der Waals surface area contributed by atoms with Crippen LogP contribution in [0.4, 0.5) is 8.78 Å². The number of unbranched alkanes of at least 4 members (excludes halogenated alkanes) is 2. The molecule has 9 rings (SSSR count). The van der Waals surface area contributed by atoms with Crippen LogP contribution >= 0.6 is 18.9 Å². The Morgan fingerprint density at radius 1 is 0.818 bits per heavy atom. The molecule has 0 aliphatic carbocycles. The molecule has 6 atom stereocenters. The zero-order valence-electron chi connectivity index (χ0n) is 49.5. The van der Waals surface area contributed by atoms with Gasteiger partial charge < -0.3 is 56.4 Å². The first-order chi connectivity index (χ1) is 41.6. The average Bonchev–Trinajstić information content (AvgIpc) is 1.76. The fourth-order valence-corrected chi connectivity index (χ4v) is 13.7. The number of thiophene rings is 1. The van der Waals surface area contributed by atoms with Crippen LogP contribution < -0.4 is 32.3 Å². The summed E-state index contributed by atoms with van der Waals surface area (Å²) >= 11 is 0.921. The molecule has 9 N–H and O–H groups in total. The van der Waals surface area contributed by atoms with E-state index in [2.05, 4.69) is 47.4 Å². The number of alkyl halides is 2. The standard InChI is InChI=1S/C61H75F2N10O13PS/c1-5-70-24-22-41-15-17-47(73(41)59(83)45(33-70)68-57(81)49-29-35-27-40(14-19-48(35)88-49)61(62,63)87(84,85)86)56(80)66-43(16-20-50(64)74)54(78)67-44(25-34-10-12-39(13-11-34)60(2,3)4)53(77)65-23-8-6-7-9-52(76)71-30-36-26-38-32-72(46-18-21-51(75)69-55(46)79)58(82)42(38)28-37(36)31-71/h10-14,19,26-29,41,43-47H,5-9,15-18,20-25,30-33H2,1-4H3,(H2,64,74)(H,65,77)(H,66,80)(H,67,78)(H,68,81)(H,69,75,79)(H2,84,85,86)/t41-,43?,44?,45+,46?,47+/m1/s1. The summed E-state index contributed by atoms with van der Waals surface area (Å²) in [6, 6.07) is 9.54. The maximum atomic E-state index is 14.7. The highest BCUT2D eigenvalue weighted by Gasteiger charge is 2.51. The summed E-state index contributed by atoms with van der Waals surface area (Å²) in [5.41, 5.74) is 4.77. The summed E-state index contributed by atoms with van der Waals surface area (Å²) in [5, 5.41) is 13.7. The van der Waals surface area contributed by atoms with Gasteiger partial charge in [0.2, 0.25) is 47.3 Å². The summed E-state index contributed by atoms with van der Waals surface area (Å²) < 4.78 is 41.2. The van der Waals surface area contributed by atoms with E-state index in [1.165, 1.54) is 21.9 Å². The van der Waals surface area contributed by atoms with Crippen molar-refractivity contribution in [2.45, 2.75) is 172 Å². The normalized spacial score (nSPS) is 20.6. The lowest BCUT2D eigenvalue weighted by Gasteiger charge is -2.38. The van der Waals surface area contributed by atoms with Gasteiger partial charge in [-0.2, -0.15) is 8.78 Å². The number of benzene rings is 3. The quantitative estimate of drug-likeness (QED) is 0.0313. The van der Waals surface area contributed by atoms with Gasteiger partial charge in [-0.25, -0.2) is 0 Å². The minimum absolute atomic E-state index is 0.0271. The molecule has 23 nitrogen and oxygen atoms in total. The van der Waals surface area contributed by atoms with Crippen molar-refractivity contribution in [3.8, 4) is 0 Å². The first-order valence-electron chi connectivity index (χ1n) is 29.8. The fourth-order valence-electron chi connectivity index (χ4n) is 12.2. The predicted octanol–water partition coefficient (Wildman–Crippen LogP) is 4.07. The van der Waals surface area contributed by atoms with Crippen molar-refractivity contribution in [3.63, 3.8) is 0 Å². The highest BCUT2D eigenvalue weighted by molar-refractivity contribution is 7.52. The van der Waals surface area contributed by atoms with Gasteiger partial charge in [0.15, 0.2) is 0 Å². The molecule has 0 saturated carbocycles. The van der Waals surface area contributed by atoms with Crippen LogP contribution in [0.1, 0.15) is 152 Å². The molecule has 88 heavy (non-hydrogen) atoms. The van der Waals surface area contributed by atoms with Gasteiger partial charge in [-0.1, -0.05) is 70.5 Å². The summed E-state index contributed by atoms with van der Waals surface area (Å²) in [6.07, 6.45) is 2.79. The molecule has 472 valence electrons. The first kappa shape index (κ1) is 64.9. The summed E-state index contributed by atoms with van der Waals surface area (Å²) in [5.74, 6) is -5.28. The number of nitrogens with one attached hydrogen (secondary N) is 5. The fraction of sp³-hybridized carbons (Fsp3) is 0.508. The van der Waals surface area contributed by atoms with Crippen LogP contribution in [0.3, 0.4) is 0 Å². The molecule has 3 saturated heterocycles. The molecule has 27 heteroatoms. The number of rotatable bonds is 22. The maximum absolute atomic E-state index is 14.7. The summed E-state index contributed by atoms with van der Waals surface area (Å²) in [6.45, 7) is 10.3. The maximum Gasteiger partial charge on any atom is 0.399 e. The lowest BCUT2D eigenvalue weighted by molar-refractivity contribution is -0.144. The number of likely N-dealkylation sites (N-methyl/N-ethyl adjacent to an activating group) is 1. The Balaban J connectivity index is 0.820. The Kier molecular flexibility index (Phi) is 19.7.